The molecule has 2 rings (SSSR count). The standard InChI is InChI=1S/C15H23N5O2/c1-2-19-8-4-7-14(19)11-18-15(16)17-10-12-5-3-6-13(9-12)20(21)22/h3,5-6,9,14H,2,4,7-8,10-11H2,1H3,(H3,16,17,18). The van der Waals surface area contributed by atoms with E-state index in [9.17, 15) is 10.1 Å². The van der Waals surface area contributed by atoms with Crippen LogP contribution < -0.4 is 11.1 Å². The van der Waals surface area contributed by atoms with Crippen LogP contribution in [0, 0.1) is 10.1 Å². The minimum Gasteiger partial charge on any atom is -0.370 e. The van der Waals surface area contributed by atoms with E-state index in [2.05, 4.69) is 22.1 Å². The summed E-state index contributed by atoms with van der Waals surface area (Å²) in [5.41, 5.74) is 6.72. The number of hydrogen-bond donors (Lipinski definition) is 2. The molecule has 1 heterocycles. The van der Waals surface area contributed by atoms with Gasteiger partial charge in [0.1, 0.15) is 0 Å². The second-order valence-corrected chi connectivity index (χ2v) is 5.43. The van der Waals surface area contributed by atoms with Crippen molar-refractivity contribution in [1.29, 1.82) is 0 Å². The van der Waals surface area contributed by atoms with E-state index in [1.165, 1.54) is 25.0 Å². The Labute approximate surface area is 130 Å². The summed E-state index contributed by atoms with van der Waals surface area (Å²) >= 11 is 0. The van der Waals surface area contributed by atoms with Crippen molar-refractivity contribution in [3.63, 3.8) is 0 Å². The van der Waals surface area contributed by atoms with Crippen molar-refractivity contribution in [2.75, 3.05) is 19.6 Å². The van der Waals surface area contributed by atoms with Gasteiger partial charge in [0.15, 0.2) is 5.96 Å². The molecule has 22 heavy (non-hydrogen) atoms. The molecule has 0 aromatic heterocycles. The van der Waals surface area contributed by atoms with Crippen molar-refractivity contribution >= 4 is 11.6 Å². The number of guanidine groups is 1. The molecule has 0 amide bonds. The maximum Gasteiger partial charge on any atom is 0.269 e. The van der Waals surface area contributed by atoms with Crippen LogP contribution in [-0.2, 0) is 6.54 Å². The molecule has 120 valence electrons. The zero-order valence-electron chi connectivity index (χ0n) is 12.9. The molecule has 1 aliphatic rings. The van der Waals surface area contributed by atoms with Crippen molar-refractivity contribution in [3.05, 3.63) is 39.9 Å². The molecule has 0 radical (unpaired) electrons. The summed E-state index contributed by atoms with van der Waals surface area (Å²) in [6, 6.07) is 6.96. The van der Waals surface area contributed by atoms with Crippen LogP contribution in [0.5, 0.6) is 0 Å². The Kier molecular flexibility index (Phi) is 5.71. The number of nitrogens with one attached hydrogen (secondary N) is 1. The van der Waals surface area contributed by atoms with Gasteiger partial charge in [-0.05, 0) is 31.5 Å². The average molecular weight is 305 g/mol. The Balaban J connectivity index is 1.85. The minimum absolute atomic E-state index is 0.0729. The van der Waals surface area contributed by atoms with Crippen LogP contribution >= 0.6 is 0 Å². The first-order valence-corrected chi connectivity index (χ1v) is 7.61. The number of aliphatic imine (C=N–C) groups is 1. The summed E-state index contributed by atoms with van der Waals surface area (Å²) in [4.78, 5) is 17.0. The van der Waals surface area contributed by atoms with Gasteiger partial charge >= 0.3 is 0 Å². The third-order valence-electron chi connectivity index (χ3n) is 3.98. The number of rotatable bonds is 6. The molecular weight excluding hydrogens is 282 g/mol. The van der Waals surface area contributed by atoms with E-state index >= 15 is 0 Å². The van der Waals surface area contributed by atoms with Crippen molar-refractivity contribution < 1.29 is 4.92 Å². The van der Waals surface area contributed by atoms with Crippen molar-refractivity contribution in [2.45, 2.75) is 32.4 Å². The highest BCUT2D eigenvalue weighted by Gasteiger charge is 2.22. The maximum absolute atomic E-state index is 10.7. The highest BCUT2D eigenvalue weighted by molar-refractivity contribution is 5.77. The van der Waals surface area contributed by atoms with E-state index in [-0.39, 0.29) is 5.69 Å². The summed E-state index contributed by atoms with van der Waals surface area (Å²) in [6.45, 7) is 5.49. The van der Waals surface area contributed by atoms with Gasteiger partial charge in [-0.15, -0.1) is 0 Å². The van der Waals surface area contributed by atoms with E-state index in [1.807, 2.05) is 0 Å². The van der Waals surface area contributed by atoms with E-state index < -0.39 is 4.92 Å². The number of likely N-dealkylation sites (N-methyl/N-ethyl adjacent to an activating group) is 1. The van der Waals surface area contributed by atoms with Crippen LogP contribution in [0.25, 0.3) is 0 Å². The number of nitro groups is 1. The smallest absolute Gasteiger partial charge is 0.269 e. The Morgan fingerprint density at radius 1 is 1.59 bits per heavy atom. The second-order valence-electron chi connectivity index (χ2n) is 5.43. The summed E-state index contributed by atoms with van der Waals surface area (Å²) in [5, 5.41) is 13.9. The monoisotopic (exact) mass is 305 g/mol. The molecule has 7 heteroatoms. The SMILES string of the molecule is CCN1CCCC1CNC(N)=NCc1cccc([N+](=O)[O-])c1. The third-order valence-corrected chi connectivity index (χ3v) is 3.98. The van der Waals surface area contributed by atoms with Gasteiger partial charge in [0.05, 0.1) is 11.5 Å². The van der Waals surface area contributed by atoms with Crippen LogP contribution in [0.1, 0.15) is 25.3 Å². The van der Waals surface area contributed by atoms with Gasteiger partial charge in [-0.2, -0.15) is 0 Å². The van der Waals surface area contributed by atoms with Gasteiger partial charge in [0.2, 0.25) is 0 Å². The molecular formula is C15H23N5O2. The quantitative estimate of drug-likeness (QED) is 0.359. The topological polar surface area (TPSA) is 96.8 Å². The summed E-state index contributed by atoms with van der Waals surface area (Å²) in [7, 11) is 0. The van der Waals surface area contributed by atoms with Gasteiger partial charge in [-0.3, -0.25) is 15.0 Å². The molecule has 0 bridgehead atoms. The van der Waals surface area contributed by atoms with Crippen LogP contribution in [0.4, 0.5) is 5.69 Å². The number of benzene rings is 1. The Morgan fingerprint density at radius 3 is 3.14 bits per heavy atom. The van der Waals surface area contributed by atoms with Gasteiger partial charge in [0.25, 0.3) is 5.69 Å². The number of hydrogen-bond acceptors (Lipinski definition) is 4. The molecule has 1 atom stereocenters. The molecule has 0 aliphatic carbocycles. The predicted octanol–water partition coefficient (Wildman–Crippen LogP) is 1.48. The van der Waals surface area contributed by atoms with E-state index in [4.69, 9.17) is 5.73 Å². The van der Waals surface area contributed by atoms with Crippen LogP contribution in [0.2, 0.25) is 0 Å². The number of nitrogens with two attached hydrogens (primary N) is 1. The van der Waals surface area contributed by atoms with Gasteiger partial charge in [0, 0.05) is 24.7 Å². The van der Waals surface area contributed by atoms with Gasteiger partial charge in [-0.25, -0.2) is 4.99 Å². The lowest BCUT2D eigenvalue weighted by atomic mass is 10.2. The largest absolute Gasteiger partial charge is 0.370 e. The number of nitrogens with zero attached hydrogens (tertiary/aromatic N) is 3. The second kappa shape index (κ2) is 7.74. The Morgan fingerprint density at radius 2 is 2.41 bits per heavy atom. The van der Waals surface area contributed by atoms with Gasteiger partial charge in [-0.1, -0.05) is 19.1 Å². The van der Waals surface area contributed by atoms with E-state index in [1.54, 1.807) is 12.1 Å². The molecule has 1 aromatic carbocycles. The first-order chi connectivity index (χ1) is 10.6. The first kappa shape index (κ1) is 16.2. The van der Waals surface area contributed by atoms with Gasteiger partial charge < -0.3 is 11.1 Å². The van der Waals surface area contributed by atoms with Crippen molar-refractivity contribution in [2.24, 2.45) is 10.7 Å². The fraction of sp³-hybridized carbons (Fsp3) is 0.533. The maximum atomic E-state index is 10.7. The molecule has 1 aliphatic heterocycles. The third kappa shape index (κ3) is 4.42. The summed E-state index contributed by atoms with van der Waals surface area (Å²) in [5.74, 6) is 0.384. The predicted molar refractivity (Wildman–Crippen MR) is 86.7 cm³/mol. The fourth-order valence-electron chi connectivity index (χ4n) is 2.77. The van der Waals surface area contributed by atoms with E-state index in [0.717, 1.165) is 25.2 Å². The molecule has 1 saturated heterocycles. The molecule has 1 unspecified atom stereocenters. The highest BCUT2D eigenvalue weighted by atomic mass is 16.6. The lowest BCUT2D eigenvalue weighted by Gasteiger charge is -2.23. The first-order valence-electron chi connectivity index (χ1n) is 7.61. The number of nitro benzene ring substituents is 1. The molecule has 7 nitrogen and oxygen atoms in total. The van der Waals surface area contributed by atoms with E-state index in [0.29, 0.717) is 18.5 Å². The van der Waals surface area contributed by atoms with Crippen molar-refractivity contribution in [1.82, 2.24) is 10.2 Å². The summed E-state index contributed by atoms with van der Waals surface area (Å²) in [6.07, 6.45) is 2.41. The molecule has 0 saturated carbocycles. The molecule has 1 fully saturated rings. The minimum atomic E-state index is -0.408. The fourth-order valence-corrected chi connectivity index (χ4v) is 2.77. The van der Waals surface area contributed by atoms with Crippen LogP contribution in [0.3, 0.4) is 0 Å². The van der Waals surface area contributed by atoms with Crippen molar-refractivity contribution in [3.8, 4) is 0 Å². The lowest BCUT2D eigenvalue weighted by molar-refractivity contribution is -0.384. The normalized spacial score (nSPS) is 19.3. The summed E-state index contributed by atoms with van der Waals surface area (Å²) < 4.78 is 0. The number of non-ortho nitro benzene ring substituents is 1. The molecule has 3 N–H and O–H groups in total. The molecule has 1 aromatic rings. The van der Waals surface area contributed by atoms with Crippen LogP contribution in [-0.4, -0.2) is 41.5 Å². The lowest BCUT2D eigenvalue weighted by Crippen LogP contribution is -2.42. The zero-order chi connectivity index (χ0) is 15.9. The molecule has 0 spiro atoms. The Hall–Kier alpha value is -2.15. The van der Waals surface area contributed by atoms with Crippen LogP contribution in [0.15, 0.2) is 29.3 Å². The zero-order valence-corrected chi connectivity index (χ0v) is 12.9. The number of likely N-dealkylation sites (tertiary alicyclic amines) is 1. The average Bonchev–Trinajstić information content (AvgIpc) is 2.98. The Bertz CT molecular complexity index is 546. The highest BCUT2D eigenvalue weighted by Crippen LogP contribution is 2.15.